The van der Waals surface area contributed by atoms with Crippen LogP contribution in [0.1, 0.15) is 17.8 Å². The highest BCUT2D eigenvalue weighted by Crippen LogP contribution is 2.05. The van der Waals surface area contributed by atoms with Gasteiger partial charge in [-0.15, -0.1) is 0 Å². The normalized spacial score (nSPS) is 10.7. The number of aromatic amines is 2. The second-order valence-corrected chi connectivity index (χ2v) is 4.04. The van der Waals surface area contributed by atoms with Crippen molar-refractivity contribution in [1.82, 2.24) is 19.7 Å². The van der Waals surface area contributed by atoms with Crippen molar-refractivity contribution in [3.05, 3.63) is 34.6 Å². The molecule has 15 heavy (non-hydrogen) atoms. The predicted molar refractivity (Wildman–Crippen MR) is 61.2 cm³/mol. The van der Waals surface area contributed by atoms with Gasteiger partial charge in [0.25, 0.3) is 0 Å². The van der Waals surface area contributed by atoms with Crippen LogP contribution in [0.5, 0.6) is 0 Å². The maximum absolute atomic E-state index is 4.88. The first-order valence-corrected chi connectivity index (χ1v) is 5.39. The van der Waals surface area contributed by atoms with E-state index in [4.69, 9.17) is 12.2 Å². The summed E-state index contributed by atoms with van der Waals surface area (Å²) in [6.07, 6.45) is 7.31. The smallest absolute Gasteiger partial charge is 0.213 e. The number of hydrogen-bond acceptors (Lipinski definition) is 2. The molecule has 5 heteroatoms. The molecule has 0 amide bonds. The fraction of sp³-hybridized carbons (Fsp3) is 0.400. The number of aromatic nitrogens is 4. The van der Waals surface area contributed by atoms with Crippen molar-refractivity contribution in [2.45, 2.75) is 19.3 Å². The van der Waals surface area contributed by atoms with Crippen molar-refractivity contribution in [2.75, 3.05) is 0 Å². The molecule has 0 aliphatic rings. The van der Waals surface area contributed by atoms with Gasteiger partial charge in [-0.2, -0.15) is 0 Å². The third kappa shape index (κ3) is 2.79. The van der Waals surface area contributed by atoms with Crippen molar-refractivity contribution >= 4 is 12.2 Å². The SMILES string of the molecule is Cn1ccc(CCCc2nc(=S)[nH][nH]2)c1. The molecule has 80 valence electrons. The third-order valence-electron chi connectivity index (χ3n) is 2.32. The molecule has 0 atom stereocenters. The van der Waals surface area contributed by atoms with Crippen molar-refractivity contribution in [3.63, 3.8) is 0 Å². The van der Waals surface area contributed by atoms with Gasteiger partial charge in [-0.1, -0.05) is 0 Å². The highest BCUT2D eigenvalue weighted by atomic mass is 32.1. The summed E-state index contributed by atoms with van der Waals surface area (Å²) in [5, 5.41) is 5.75. The molecule has 0 spiro atoms. The zero-order chi connectivity index (χ0) is 10.7. The molecule has 0 radical (unpaired) electrons. The van der Waals surface area contributed by atoms with Crippen molar-refractivity contribution in [1.29, 1.82) is 0 Å². The monoisotopic (exact) mass is 222 g/mol. The first kappa shape index (κ1) is 10.2. The molecule has 0 saturated carbocycles. The van der Waals surface area contributed by atoms with Crippen LogP contribution in [0.4, 0.5) is 0 Å². The van der Waals surface area contributed by atoms with Crippen LogP contribution < -0.4 is 0 Å². The minimum absolute atomic E-state index is 0.532. The fourth-order valence-corrected chi connectivity index (χ4v) is 1.75. The Balaban J connectivity index is 1.82. The lowest BCUT2D eigenvalue weighted by atomic mass is 10.1. The number of hydrogen-bond donors (Lipinski definition) is 2. The standard InChI is InChI=1S/C10H14N4S/c1-14-6-5-8(7-14)3-2-4-9-11-10(15)13-12-9/h5-7H,2-4H2,1H3,(H2,11,12,13,15). The van der Waals surface area contributed by atoms with E-state index in [2.05, 4.69) is 38.2 Å². The third-order valence-corrected chi connectivity index (χ3v) is 2.52. The van der Waals surface area contributed by atoms with Gasteiger partial charge in [-0.3, -0.25) is 10.2 Å². The zero-order valence-electron chi connectivity index (χ0n) is 8.66. The van der Waals surface area contributed by atoms with Gasteiger partial charge < -0.3 is 4.57 Å². The van der Waals surface area contributed by atoms with Gasteiger partial charge >= 0.3 is 0 Å². The lowest BCUT2D eigenvalue weighted by Crippen LogP contribution is -1.91. The molecule has 0 fully saturated rings. The van der Waals surface area contributed by atoms with E-state index >= 15 is 0 Å². The van der Waals surface area contributed by atoms with Crippen molar-refractivity contribution in [2.24, 2.45) is 7.05 Å². The Kier molecular flexibility index (Phi) is 3.01. The molecule has 4 nitrogen and oxygen atoms in total. The Hall–Kier alpha value is -1.36. The maximum atomic E-state index is 4.88. The second kappa shape index (κ2) is 4.44. The van der Waals surface area contributed by atoms with E-state index in [1.807, 2.05) is 7.05 Å². The van der Waals surface area contributed by atoms with Crippen molar-refractivity contribution < 1.29 is 0 Å². The Labute approximate surface area is 93.3 Å². The van der Waals surface area contributed by atoms with Gasteiger partial charge in [0.2, 0.25) is 4.77 Å². The number of H-pyrrole nitrogens is 2. The van der Waals surface area contributed by atoms with Gasteiger partial charge in [-0.25, -0.2) is 4.98 Å². The fourth-order valence-electron chi connectivity index (χ4n) is 1.59. The number of rotatable bonds is 4. The summed E-state index contributed by atoms with van der Waals surface area (Å²) in [7, 11) is 2.04. The van der Waals surface area contributed by atoms with E-state index in [0.29, 0.717) is 4.77 Å². The van der Waals surface area contributed by atoms with Crippen molar-refractivity contribution in [3.8, 4) is 0 Å². The Morgan fingerprint density at radius 3 is 2.87 bits per heavy atom. The largest absolute Gasteiger partial charge is 0.357 e. The molecule has 2 heterocycles. The number of nitrogens with one attached hydrogen (secondary N) is 2. The molecular weight excluding hydrogens is 208 g/mol. The number of nitrogens with zero attached hydrogens (tertiary/aromatic N) is 2. The van der Waals surface area contributed by atoms with Crippen LogP contribution in [-0.4, -0.2) is 19.7 Å². The van der Waals surface area contributed by atoms with Crippen LogP contribution in [-0.2, 0) is 19.9 Å². The minimum atomic E-state index is 0.532. The number of aryl methyl sites for hydroxylation is 3. The second-order valence-electron chi connectivity index (χ2n) is 3.65. The summed E-state index contributed by atoms with van der Waals surface area (Å²) < 4.78 is 2.60. The lowest BCUT2D eigenvalue weighted by Gasteiger charge is -1.95. The average molecular weight is 222 g/mol. The maximum Gasteiger partial charge on any atom is 0.213 e. The summed E-state index contributed by atoms with van der Waals surface area (Å²) >= 11 is 4.88. The van der Waals surface area contributed by atoms with E-state index in [0.717, 1.165) is 25.1 Å². The summed E-state index contributed by atoms with van der Waals surface area (Å²) in [4.78, 5) is 4.15. The summed E-state index contributed by atoms with van der Waals surface area (Å²) in [6, 6.07) is 2.15. The molecule has 0 bridgehead atoms. The summed E-state index contributed by atoms with van der Waals surface area (Å²) in [5.41, 5.74) is 1.37. The molecule has 0 aliphatic carbocycles. The van der Waals surface area contributed by atoms with Gasteiger partial charge in [0.1, 0.15) is 5.82 Å². The average Bonchev–Trinajstić information content (AvgIpc) is 2.76. The summed E-state index contributed by atoms with van der Waals surface area (Å²) in [6.45, 7) is 0. The quantitative estimate of drug-likeness (QED) is 0.777. The van der Waals surface area contributed by atoms with E-state index < -0.39 is 0 Å². The molecular formula is C10H14N4S. The Morgan fingerprint density at radius 1 is 1.40 bits per heavy atom. The van der Waals surface area contributed by atoms with Crippen LogP contribution in [0.3, 0.4) is 0 Å². The first-order chi connectivity index (χ1) is 7.24. The van der Waals surface area contributed by atoms with E-state index in [1.165, 1.54) is 5.56 Å². The van der Waals surface area contributed by atoms with Gasteiger partial charge in [0, 0.05) is 25.9 Å². The molecule has 2 aromatic heterocycles. The lowest BCUT2D eigenvalue weighted by molar-refractivity contribution is 0.772. The Morgan fingerprint density at radius 2 is 2.27 bits per heavy atom. The van der Waals surface area contributed by atoms with Crippen LogP contribution >= 0.6 is 12.2 Å². The van der Waals surface area contributed by atoms with Gasteiger partial charge in [0.15, 0.2) is 0 Å². The highest BCUT2D eigenvalue weighted by molar-refractivity contribution is 7.71. The molecule has 0 aliphatic heterocycles. The van der Waals surface area contributed by atoms with Crippen LogP contribution in [0.25, 0.3) is 0 Å². The molecule has 0 aromatic carbocycles. The van der Waals surface area contributed by atoms with Crippen LogP contribution in [0, 0.1) is 4.77 Å². The first-order valence-electron chi connectivity index (χ1n) is 4.98. The van der Waals surface area contributed by atoms with E-state index in [9.17, 15) is 0 Å². The topological polar surface area (TPSA) is 49.4 Å². The molecule has 2 rings (SSSR count). The molecule has 2 N–H and O–H groups in total. The molecule has 0 unspecified atom stereocenters. The zero-order valence-corrected chi connectivity index (χ0v) is 9.47. The molecule has 0 saturated heterocycles. The van der Waals surface area contributed by atoms with Crippen LogP contribution in [0.15, 0.2) is 18.5 Å². The minimum Gasteiger partial charge on any atom is -0.357 e. The summed E-state index contributed by atoms with van der Waals surface area (Å²) in [5.74, 6) is 0.941. The predicted octanol–water partition coefficient (Wildman–Crippen LogP) is 1.98. The van der Waals surface area contributed by atoms with E-state index in [-0.39, 0.29) is 0 Å². The highest BCUT2D eigenvalue weighted by Gasteiger charge is 1.98. The van der Waals surface area contributed by atoms with Crippen LogP contribution in [0.2, 0.25) is 0 Å². The molecule has 2 aromatic rings. The Bertz CT molecular complexity index is 479. The van der Waals surface area contributed by atoms with Gasteiger partial charge in [0.05, 0.1) is 0 Å². The van der Waals surface area contributed by atoms with E-state index in [1.54, 1.807) is 0 Å². The van der Waals surface area contributed by atoms with Gasteiger partial charge in [-0.05, 0) is 36.7 Å².